The van der Waals surface area contributed by atoms with Crippen molar-refractivity contribution >= 4 is 10.4 Å². The molecule has 0 saturated carbocycles. The highest BCUT2D eigenvalue weighted by Gasteiger charge is 2.19. The van der Waals surface area contributed by atoms with Crippen molar-refractivity contribution in [2.75, 3.05) is 41.3 Å². The first-order valence-corrected chi connectivity index (χ1v) is 9.25. The topological polar surface area (TPSA) is 132 Å². The van der Waals surface area contributed by atoms with Crippen molar-refractivity contribution < 1.29 is 26.5 Å². The number of nitrogens with two attached hydrogens (primary N) is 2. The first-order chi connectivity index (χ1) is 10.1. The van der Waals surface area contributed by atoms with E-state index in [1.165, 1.54) is 0 Å². The van der Waals surface area contributed by atoms with Gasteiger partial charge in [0.05, 0.1) is 41.3 Å². The van der Waals surface area contributed by atoms with Crippen molar-refractivity contribution in [1.82, 2.24) is 0 Å². The monoisotopic (exact) mass is 358 g/mol. The van der Waals surface area contributed by atoms with E-state index in [4.69, 9.17) is 29.0 Å². The molecule has 0 amide bonds. The van der Waals surface area contributed by atoms with Gasteiger partial charge in [-0.15, -0.1) is 0 Å². The van der Waals surface area contributed by atoms with Gasteiger partial charge in [-0.2, -0.15) is 0 Å². The average molecular weight is 359 g/mol. The fourth-order valence-electron chi connectivity index (χ4n) is 1.46. The maximum Gasteiger partial charge on any atom is 0.139 e. The fraction of sp³-hybridized carbons (Fsp3) is 1.00. The van der Waals surface area contributed by atoms with Crippen LogP contribution in [0.1, 0.15) is 40.5 Å². The van der Waals surface area contributed by atoms with Crippen LogP contribution in [0.4, 0.5) is 0 Å². The van der Waals surface area contributed by atoms with Crippen LogP contribution in [-0.2, 0) is 10.4 Å². The molecule has 9 heteroatoms. The van der Waals surface area contributed by atoms with Gasteiger partial charge in [0, 0.05) is 23.2 Å². The van der Waals surface area contributed by atoms with Gasteiger partial charge in [-0.1, -0.05) is 13.8 Å². The largest absolute Gasteiger partial charge is 0.759 e. The molecule has 0 fully saturated rings. The molecule has 2 atom stereocenters. The van der Waals surface area contributed by atoms with Crippen molar-refractivity contribution in [2.24, 2.45) is 11.5 Å². The smallest absolute Gasteiger partial charge is 0.139 e. The summed E-state index contributed by atoms with van der Waals surface area (Å²) >= 11 is 0. The molecule has 0 aromatic rings. The predicted molar refractivity (Wildman–Crippen MR) is 92.3 cm³/mol. The summed E-state index contributed by atoms with van der Waals surface area (Å²) in [6.07, 6.45) is 2.71. The molecular weight excluding hydrogens is 320 g/mol. The summed E-state index contributed by atoms with van der Waals surface area (Å²) in [5.74, 6) is 0. The lowest BCUT2D eigenvalue weighted by Crippen LogP contribution is -2.53. The molecule has 0 aliphatic heterocycles. The van der Waals surface area contributed by atoms with Crippen LogP contribution in [0.3, 0.4) is 0 Å². The standard InChI is InChI=1S/2C7H19N2.H2O4S/c2*1-5-7(8)9(3,4)6-2;1-5(2,3)4/h2*7H,5-6,8H2,1-4H3;(H2,1,2,3,4)/q2*+1;/p-2. The van der Waals surface area contributed by atoms with Crippen molar-refractivity contribution in [3.8, 4) is 0 Å². The molecule has 0 aliphatic carbocycles. The molecule has 0 spiro atoms. The Balaban J connectivity index is -0.000000273. The van der Waals surface area contributed by atoms with E-state index in [1.54, 1.807) is 0 Å². The zero-order chi connectivity index (χ0) is 19.5. The van der Waals surface area contributed by atoms with Gasteiger partial charge >= 0.3 is 0 Å². The molecule has 0 heterocycles. The van der Waals surface area contributed by atoms with Gasteiger partial charge in [-0.3, -0.25) is 19.9 Å². The predicted octanol–water partition coefficient (Wildman–Crippen LogP) is 0.217. The lowest BCUT2D eigenvalue weighted by molar-refractivity contribution is -0.913. The number of hydrogen-bond donors (Lipinski definition) is 2. The second-order valence-corrected chi connectivity index (χ2v) is 7.37. The van der Waals surface area contributed by atoms with Crippen molar-refractivity contribution in [3.05, 3.63) is 0 Å². The van der Waals surface area contributed by atoms with Crippen LogP contribution in [0.2, 0.25) is 0 Å². The van der Waals surface area contributed by atoms with Crippen LogP contribution in [0.5, 0.6) is 0 Å². The Morgan fingerprint density at radius 1 is 0.783 bits per heavy atom. The zero-order valence-electron chi connectivity index (χ0n) is 16.1. The highest BCUT2D eigenvalue weighted by molar-refractivity contribution is 7.79. The van der Waals surface area contributed by atoms with Gasteiger partial charge < -0.3 is 18.1 Å². The Morgan fingerprint density at radius 2 is 0.957 bits per heavy atom. The summed E-state index contributed by atoms with van der Waals surface area (Å²) < 4.78 is 35.9. The minimum atomic E-state index is -5.17. The molecule has 4 N–H and O–H groups in total. The highest BCUT2D eigenvalue weighted by atomic mass is 32.3. The third kappa shape index (κ3) is 17.9. The van der Waals surface area contributed by atoms with Crippen molar-refractivity contribution in [3.63, 3.8) is 0 Å². The summed E-state index contributed by atoms with van der Waals surface area (Å²) in [5.41, 5.74) is 11.7. The molecule has 0 radical (unpaired) electrons. The first-order valence-electron chi connectivity index (χ1n) is 7.92. The quantitative estimate of drug-likeness (QED) is 0.302. The van der Waals surface area contributed by atoms with Crippen molar-refractivity contribution in [2.45, 2.75) is 52.9 Å². The van der Waals surface area contributed by atoms with Gasteiger partial charge in [0.25, 0.3) is 0 Å². The maximum absolute atomic E-state index is 8.52. The van der Waals surface area contributed by atoms with E-state index >= 15 is 0 Å². The second-order valence-electron chi connectivity index (χ2n) is 6.55. The summed E-state index contributed by atoms with van der Waals surface area (Å²) in [6.45, 7) is 10.8. The van der Waals surface area contributed by atoms with Crippen molar-refractivity contribution in [1.29, 1.82) is 0 Å². The summed E-state index contributed by atoms with van der Waals surface area (Å²) in [6, 6.07) is 0. The minimum Gasteiger partial charge on any atom is -0.759 e. The van der Waals surface area contributed by atoms with Gasteiger partial charge in [-0.05, 0) is 13.8 Å². The molecule has 0 aromatic heterocycles. The van der Waals surface area contributed by atoms with Crippen LogP contribution < -0.4 is 11.5 Å². The van der Waals surface area contributed by atoms with E-state index in [0.29, 0.717) is 12.3 Å². The minimum absolute atomic E-state index is 0.301. The SMILES string of the molecule is CCC(N)[N+](C)(C)CC.CCC(N)[N+](C)(C)CC.O=S(=O)([O-])[O-]. The summed E-state index contributed by atoms with van der Waals surface area (Å²) in [4.78, 5) is 0. The molecule has 0 saturated heterocycles. The van der Waals surface area contributed by atoms with E-state index in [1.807, 2.05) is 0 Å². The number of hydrogen-bond acceptors (Lipinski definition) is 6. The molecule has 23 heavy (non-hydrogen) atoms. The maximum atomic E-state index is 8.52. The van der Waals surface area contributed by atoms with Crippen LogP contribution in [-0.4, -0.2) is 80.1 Å². The van der Waals surface area contributed by atoms with Gasteiger partial charge in [0.15, 0.2) is 0 Å². The van der Waals surface area contributed by atoms with E-state index in [9.17, 15) is 0 Å². The Labute approximate surface area is 143 Å². The summed E-state index contributed by atoms with van der Waals surface area (Å²) in [5, 5.41) is 0. The van der Waals surface area contributed by atoms with Crippen LogP contribution in [0.15, 0.2) is 0 Å². The lowest BCUT2D eigenvalue weighted by atomic mass is 10.3. The molecule has 0 rings (SSSR count). The molecular formula is C14H38N4O4S. The molecule has 8 nitrogen and oxygen atoms in total. The third-order valence-electron chi connectivity index (χ3n) is 4.26. The third-order valence-corrected chi connectivity index (χ3v) is 4.26. The first kappa shape index (κ1) is 27.6. The molecule has 0 bridgehead atoms. The van der Waals surface area contributed by atoms with E-state index in [0.717, 1.165) is 34.9 Å². The van der Waals surface area contributed by atoms with Crippen LogP contribution in [0, 0.1) is 0 Å². The van der Waals surface area contributed by atoms with E-state index < -0.39 is 10.4 Å². The number of rotatable bonds is 6. The van der Waals surface area contributed by atoms with Gasteiger partial charge in [-0.25, -0.2) is 0 Å². The Kier molecular flexibility index (Phi) is 14.5. The van der Waals surface area contributed by atoms with E-state index in [-0.39, 0.29) is 0 Å². The molecule has 2 unspecified atom stereocenters. The highest BCUT2D eigenvalue weighted by Crippen LogP contribution is 2.03. The number of quaternary nitrogens is 2. The van der Waals surface area contributed by atoms with Crippen LogP contribution >= 0.6 is 0 Å². The van der Waals surface area contributed by atoms with Gasteiger partial charge in [0.1, 0.15) is 12.3 Å². The van der Waals surface area contributed by atoms with E-state index in [2.05, 4.69) is 55.9 Å². The zero-order valence-corrected chi connectivity index (χ0v) is 16.9. The number of nitrogens with zero attached hydrogens (tertiary/aromatic N) is 2. The lowest BCUT2D eigenvalue weighted by Gasteiger charge is -2.33. The van der Waals surface area contributed by atoms with Gasteiger partial charge in [0.2, 0.25) is 0 Å². The fourth-order valence-corrected chi connectivity index (χ4v) is 1.46. The Bertz CT molecular complexity index is 356. The molecule has 0 aromatic carbocycles. The second kappa shape index (κ2) is 12.1. The average Bonchev–Trinajstić information content (AvgIpc) is 2.44. The normalized spacial score (nSPS) is 14.8. The summed E-state index contributed by atoms with van der Waals surface area (Å²) in [7, 11) is 3.48. The Morgan fingerprint density at radius 3 is 1.00 bits per heavy atom. The van der Waals surface area contributed by atoms with Crippen LogP contribution in [0.25, 0.3) is 0 Å². The Hall–Kier alpha value is -0.290. The molecule has 144 valence electrons. The molecule has 0 aliphatic rings.